The Morgan fingerprint density at radius 3 is 2.19 bits per heavy atom. The Kier molecular flexibility index (Phi) is 6.30. The summed E-state index contributed by atoms with van der Waals surface area (Å²) in [6, 6.07) is 4.64. The lowest BCUT2D eigenvalue weighted by atomic mass is 9.80. The smallest absolute Gasteiger partial charge is 0.334 e. The van der Waals surface area contributed by atoms with Crippen LogP contribution in [0.1, 0.15) is 18.4 Å². The third kappa shape index (κ3) is 3.57. The number of carboxylic acids is 2. The molecule has 1 atom stereocenters. The normalized spacial score (nSPS) is 17.5. The first kappa shape index (κ1) is 20.3. The number of hydrogen-bond acceptors (Lipinski definition) is 5. The van der Waals surface area contributed by atoms with Crippen LogP contribution in [0.3, 0.4) is 0 Å². The van der Waals surface area contributed by atoms with Crippen LogP contribution in [-0.4, -0.2) is 42.7 Å². The van der Waals surface area contributed by atoms with Crippen molar-refractivity contribution in [3.05, 3.63) is 56.3 Å². The van der Waals surface area contributed by atoms with Crippen LogP contribution in [0.4, 0.5) is 0 Å². The first-order valence-corrected chi connectivity index (χ1v) is 8.18. The van der Waals surface area contributed by atoms with Crippen LogP contribution in [0, 0.1) is 0 Å². The minimum absolute atomic E-state index is 0.0806. The summed E-state index contributed by atoms with van der Waals surface area (Å²) in [5.41, 5.74) is 0.203. The molecule has 0 amide bonds. The molecule has 0 aliphatic carbocycles. The van der Waals surface area contributed by atoms with Crippen molar-refractivity contribution in [2.24, 2.45) is 0 Å². The van der Waals surface area contributed by atoms with Gasteiger partial charge in [0, 0.05) is 19.9 Å². The molecule has 0 bridgehead atoms. The van der Waals surface area contributed by atoms with Gasteiger partial charge in [0.1, 0.15) is 0 Å². The summed E-state index contributed by atoms with van der Waals surface area (Å²) in [6.45, 7) is 1.52. The molecule has 7 nitrogen and oxygen atoms in total. The maximum absolute atomic E-state index is 12.1. The zero-order valence-corrected chi connectivity index (χ0v) is 15.7. The topological polar surface area (TPSA) is 105 Å². The number of halogens is 2. The summed E-state index contributed by atoms with van der Waals surface area (Å²) in [7, 11) is 2.69. The summed E-state index contributed by atoms with van der Waals surface area (Å²) in [5.74, 6) is -3.78. The molecule has 1 heterocycles. The van der Waals surface area contributed by atoms with Crippen LogP contribution in [0.25, 0.3) is 0 Å². The minimum atomic E-state index is -1.33. The molecule has 2 rings (SSSR count). The van der Waals surface area contributed by atoms with E-state index in [4.69, 9.17) is 32.7 Å². The molecule has 140 valence electrons. The van der Waals surface area contributed by atoms with Gasteiger partial charge in [-0.2, -0.15) is 0 Å². The first-order chi connectivity index (χ1) is 12.2. The Bertz CT molecular complexity index is 813. The number of dihydropyridines is 1. The molecule has 9 heteroatoms. The van der Waals surface area contributed by atoms with Gasteiger partial charge in [-0.3, -0.25) is 0 Å². The van der Waals surface area contributed by atoms with Crippen LogP contribution in [0.15, 0.2) is 40.7 Å². The van der Waals surface area contributed by atoms with E-state index in [0.29, 0.717) is 0 Å². The predicted molar refractivity (Wildman–Crippen MR) is 95.1 cm³/mol. The number of benzene rings is 1. The van der Waals surface area contributed by atoms with Gasteiger partial charge in [0.05, 0.1) is 32.8 Å². The molecule has 0 fully saturated rings. The molecule has 1 aromatic rings. The Morgan fingerprint density at radius 2 is 1.69 bits per heavy atom. The highest BCUT2D eigenvalue weighted by Crippen LogP contribution is 2.43. The summed E-state index contributed by atoms with van der Waals surface area (Å²) in [6.07, 6.45) is -1.04. The van der Waals surface area contributed by atoms with Crippen molar-refractivity contribution in [2.45, 2.75) is 19.1 Å². The van der Waals surface area contributed by atoms with E-state index in [1.807, 2.05) is 0 Å². The fourth-order valence-electron chi connectivity index (χ4n) is 2.95. The second-order valence-electron chi connectivity index (χ2n) is 5.48. The van der Waals surface area contributed by atoms with E-state index in [0.717, 1.165) is 0 Å². The van der Waals surface area contributed by atoms with Gasteiger partial charge in [-0.1, -0.05) is 35.3 Å². The second kappa shape index (κ2) is 8.09. The number of carboxylic acid groups (broad SMARTS) is 2. The van der Waals surface area contributed by atoms with Crippen LogP contribution in [-0.2, 0) is 19.1 Å². The summed E-state index contributed by atoms with van der Waals surface area (Å²) < 4.78 is 10.3. The number of nitrogens with one attached hydrogen (secondary N) is 1. The Balaban J connectivity index is 2.85. The van der Waals surface area contributed by atoms with Crippen molar-refractivity contribution in [1.82, 2.24) is 5.32 Å². The van der Waals surface area contributed by atoms with E-state index in [-0.39, 0.29) is 38.1 Å². The van der Waals surface area contributed by atoms with Gasteiger partial charge in [0.25, 0.3) is 0 Å². The SMILES string of the molecule is COC(OC)C1=C(C(=O)O)C(c2cccc(Cl)c2Cl)C(C(=O)O)=C(C)N1. The van der Waals surface area contributed by atoms with Gasteiger partial charge in [0.2, 0.25) is 0 Å². The van der Waals surface area contributed by atoms with E-state index < -0.39 is 24.1 Å². The number of methoxy groups -OCH3 is 2. The lowest BCUT2D eigenvalue weighted by Gasteiger charge is -2.32. The highest BCUT2D eigenvalue weighted by Gasteiger charge is 2.40. The van der Waals surface area contributed by atoms with Crippen molar-refractivity contribution in [3.8, 4) is 0 Å². The average Bonchev–Trinajstić information content (AvgIpc) is 2.57. The fourth-order valence-corrected chi connectivity index (χ4v) is 3.36. The molecule has 0 radical (unpaired) electrons. The molecule has 26 heavy (non-hydrogen) atoms. The third-order valence-corrected chi connectivity index (χ3v) is 4.84. The highest BCUT2D eigenvalue weighted by molar-refractivity contribution is 6.42. The Hall–Kier alpha value is -2.06. The number of carbonyl (C=O) groups is 2. The predicted octanol–water partition coefficient (Wildman–Crippen LogP) is 3.00. The molecular formula is C17H17Cl2NO6. The number of rotatable bonds is 6. The summed E-state index contributed by atoms with van der Waals surface area (Å²) in [4.78, 5) is 23.9. The van der Waals surface area contributed by atoms with E-state index in [1.165, 1.54) is 33.3 Å². The lowest BCUT2D eigenvalue weighted by molar-refractivity contribution is -0.134. The first-order valence-electron chi connectivity index (χ1n) is 7.42. The lowest BCUT2D eigenvalue weighted by Crippen LogP contribution is -2.37. The number of allylic oxidation sites excluding steroid dienone is 1. The molecule has 1 unspecified atom stereocenters. The quantitative estimate of drug-likeness (QED) is 0.629. The van der Waals surface area contributed by atoms with Crippen molar-refractivity contribution >= 4 is 35.1 Å². The third-order valence-electron chi connectivity index (χ3n) is 4.01. The molecule has 0 spiro atoms. The van der Waals surface area contributed by atoms with Crippen LogP contribution in [0.5, 0.6) is 0 Å². The molecule has 1 aliphatic heterocycles. The molecule has 3 N–H and O–H groups in total. The Labute approximate surface area is 159 Å². The van der Waals surface area contributed by atoms with Gasteiger partial charge >= 0.3 is 11.9 Å². The fraction of sp³-hybridized carbons (Fsp3) is 0.294. The van der Waals surface area contributed by atoms with Crippen LogP contribution in [0.2, 0.25) is 10.0 Å². The molecule has 1 aromatic carbocycles. The summed E-state index contributed by atoms with van der Waals surface area (Å²) in [5, 5.41) is 22.6. The highest BCUT2D eigenvalue weighted by atomic mass is 35.5. The summed E-state index contributed by atoms with van der Waals surface area (Å²) >= 11 is 12.3. The molecule has 0 saturated carbocycles. The van der Waals surface area contributed by atoms with Crippen LogP contribution < -0.4 is 5.32 Å². The van der Waals surface area contributed by atoms with Crippen molar-refractivity contribution in [3.63, 3.8) is 0 Å². The van der Waals surface area contributed by atoms with E-state index >= 15 is 0 Å². The molecule has 0 saturated heterocycles. The standard InChI is InChI=1S/C17H17Cl2NO6/c1-7-10(15(21)22)11(8-5-4-6-9(18)13(8)19)12(16(23)24)14(20-7)17(25-2)26-3/h4-6,11,17,20H,1-3H3,(H,21,22)(H,23,24). The number of hydrogen-bond donors (Lipinski definition) is 3. The largest absolute Gasteiger partial charge is 0.478 e. The second-order valence-corrected chi connectivity index (χ2v) is 6.27. The monoisotopic (exact) mass is 401 g/mol. The zero-order valence-electron chi connectivity index (χ0n) is 14.2. The van der Waals surface area contributed by atoms with Gasteiger partial charge < -0.3 is 25.0 Å². The maximum Gasteiger partial charge on any atom is 0.334 e. The average molecular weight is 402 g/mol. The van der Waals surface area contributed by atoms with E-state index in [9.17, 15) is 19.8 Å². The van der Waals surface area contributed by atoms with Gasteiger partial charge in [-0.15, -0.1) is 0 Å². The minimum Gasteiger partial charge on any atom is -0.478 e. The van der Waals surface area contributed by atoms with Gasteiger partial charge in [0.15, 0.2) is 6.29 Å². The van der Waals surface area contributed by atoms with Crippen molar-refractivity contribution in [1.29, 1.82) is 0 Å². The number of aliphatic carboxylic acids is 2. The Morgan fingerprint density at radius 1 is 1.12 bits per heavy atom. The van der Waals surface area contributed by atoms with E-state index in [2.05, 4.69) is 5.32 Å². The van der Waals surface area contributed by atoms with E-state index in [1.54, 1.807) is 6.07 Å². The van der Waals surface area contributed by atoms with Crippen LogP contribution >= 0.6 is 23.2 Å². The van der Waals surface area contributed by atoms with Gasteiger partial charge in [-0.05, 0) is 18.6 Å². The number of ether oxygens (including phenoxy) is 2. The molecule has 0 aromatic heterocycles. The van der Waals surface area contributed by atoms with Gasteiger partial charge in [-0.25, -0.2) is 9.59 Å². The molecule has 1 aliphatic rings. The molecular weight excluding hydrogens is 385 g/mol. The maximum atomic E-state index is 12.1. The van der Waals surface area contributed by atoms with Crippen molar-refractivity contribution < 1.29 is 29.3 Å². The van der Waals surface area contributed by atoms with Crippen molar-refractivity contribution in [2.75, 3.05) is 14.2 Å². The zero-order chi connectivity index (χ0) is 19.6.